The van der Waals surface area contributed by atoms with E-state index >= 15 is 0 Å². The van der Waals surface area contributed by atoms with Crippen molar-refractivity contribution in [2.75, 3.05) is 0 Å². The summed E-state index contributed by atoms with van der Waals surface area (Å²) in [5.41, 5.74) is 1.80. The number of aryl methyl sites for hydroxylation is 2. The van der Waals surface area contributed by atoms with Crippen molar-refractivity contribution in [2.24, 2.45) is 7.05 Å². The zero-order valence-electron chi connectivity index (χ0n) is 11.7. The second-order valence-electron chi connectivity index (χ2n) is 5.00. The summed E-state index contributed by atoms with van der Waals surface area (Å²) in [7, 11) is 1.93. The van der Waals surface area contributed by atoms with Crippen LogP contribution in [-0.2, 0) is 25.6 Å². The van der Waals surface area contributed by atoms with Gasteiger partial charge in [0.25, 0.3) is 0 Å². The molecular formula is C13H19ClN4S. The lowest BCUT2D eigenvalue weighted by molar-refractivity contribution is 0.392. The fraction of sp³-hybridized carbons (Fsp3) is 0.538. The molecule has 2 aromatic heterocycles. The summed E-state index contributed by atoms with van der Waals surface area (Å²) in [6, 6.07) is 0. The molecule has 19 heavy (non-hydrogen) atoms. The van der Waals surface area contributed by atoms with Crippen LogP contribution < -0.4 is 5.32 Å². The summed E-state index contributed by atoms with van der Waals surface area (Å²) in [6.07, 6.45) is 2.68. The first-order chi connectivity index (χ1) is 8.95. The summed E-state index contributed by atoms with van der Waals surface area (Å²) in [4.78, 5) is 4.37. The summed E-state index contributed by atoms with van der Waals surface area (Å²) in [6.45, 7) is 6.98. The topological polar surface area (TPSA) is 42.7 Å². The highest BCUT2D eigenvalue weighted by Gasteiger charge is 2.24. The molecule has 0 aliphatic rings. The Hall–Kier alpha value is -0.910. The number of nitrogens with zero attached hydrogens (tertiary/aromatic N) is 3. The largest absolute Gasteiger partial charge is 0.300 e. The van der Waals surface area contributed by atoms with Gasteiger partial charge in [-0.05, 0) is 20.3 Å². The van der Waals surface area contributed by atoms with Crippen molar-refractivity contribution < 1.29 is 0 Å². The molecule has 2 aromatic rings. The van der Waals surface area contributed by atoms with Gasteiger partial charge < -0.3 is 5.32 Å². The van der Waals surface area contributed by atoms with E-state index in [1.165, 1.54) is 0 Å². The number of nitrogens with one attached hydrogen (secondary N) is 1. The lowest BCUT2D eigenvalue weighted by atomic mass is 10.1. The molecule has 0 spiro atoms. The fourth-order valence-electron chi connectivity index (χ4n) is 1.92. The van der Waals surface area contributed by atoms with Crippen molar-refractivity contribution in [3.63, 3.8) is 0 Å². The van der Waals surface area contributed by atoms with E-state index in [0.29, 0.717) is 6.54 Å². The molecule has 0 unspecified atom stereocenters. The Morgan fingerprint density at radius 2 is 2.21 bits per heavy atom. The summed E-state index contributed by atoms with van der Waals surface area (Å²) in [5, 5.41) is 11.8. The molecule has 2 rings (SSSR count). The summed E-state index contributed by atoms with van der Waals surface area (Å²) < 4.78 is 1.85. The van der Waals surface area contributed by atoms with Gasteiger partial charge in [-0.25, -0.2) is 4.98 Å². The minimum atomic E-state index is -0.172. The van der Waals surface area contributed by atoms with Crippen molar-refractivity contribution in [1.82, 2.24) is 20.1 Å². The van der Waals surface area contributed by atoms with Crippen molar-refractivity contribution in [1.29, 1.82) is 0 Å². The van der Waals surface area contributed by atoms with Crippen LogP contribution in [-0.4, -0.2) is 14.8 Å². The third-order valence-electron chi connectivity index (χ3n) is 3.17. The Balaban J connectivity index is 2.13. The molecule has 104 valence electrons. The van der Waals surface area contributed by atoms with Crippen LogP contribution in [0.1, 0.15) is 37.2 Å². The quantitative estimate of drug-likeness (QED) is 0.922. The van der Waals surface area contributed by atoms with E-state index in [4.69, 9.17) is 11.6 Å². The van der Waals surface area contributed by atoms with E-state index in [-0.39, 0.29) is 5.54 Å². The van der Waals surface area contributed by atoms with Gasteiger partial charge in [0, 0.05) is 25.2 Å². The smallest absolute Gasteiger partial charge is 0.112 e. The van der Waals surface area contributed by atoms with E-state index in [0.717, 1.165) is 27.8 Å². The molecule has 0 fully saturated rings. The molecule has 2 heterocycles. The first-order valence-corrected chi connectivity index (χ1v) is 7.56. The van der Waals surface area contributed by atoms with Gasteiger partial charge in [0.05, 0.1) is 21.9 Å². The van der Waals surface area contributed by atoms with Crippen LogP contribution in [0.25, 0.3) is 0 Å². The summed E-state index contributed by atoms with van der Waals surface area (Å²) in [5.74, 6) is 0. The lowest BCUT2D eigenvalue weighted by Crippen LogP contribution is -2.36. The molecule has 0 radical (unpaired) electrons. The SMILES string of the molecule is CCc1nn(C)c(CNC(C)(C)c2nccs2)c1Cl. The van der Waals surface area contributed by atoms with E-state index in [9.17, 15) is 0 Å². The van der Waals surface area contributed by atoms with Crippen LogP contribution in [0.15, 0.2) is 11.6 Å². The zero-order valence-corrected chi connectivity index (χ0v) is 13.3. The zero-order chi connectivity index (χ0) is 14.0. The maximum atomic E-state index is 6.35. The summed E-state index contributed by atoms with van der Waals surface area (Å²) >= 11 is 8.00. The molecule has 0 atom stereocenters. The second kappa shape index (κ2) is 5.61. The molecule has 0 saturated heterocycles. The van der Waals surface area contributed by atoms with Crippen LogP contribution in [0, 0.1) is 0 Å². The van der Waals surface area contributed by atoms with Gasteiger partial charge in [-0.2, -0.15) is 5.10 Å². The van der Waals surface area contributed by atoms with Gasteiger partial charge in [0.15, 0.2) is 0 Å². The Kier molecular flexibility index (Phi) is 4.28. The van der Waals surface area contributed by atoms with E-state index in [1.807, 2.05) is 23.3 Å². The minimum absolute atomic E-state index is 0.172. The van der Waals surface area contributed by atoms with E-state index in [2.05, 4.69) is 36.2 Å². The molecule has 0 bridgehead atoms. The number of aromatic nitrogens is 3. The van der Waals surface area contributed by atoms with Crippen LogP contribution in [0.3, 0.4) is 0 Å². The highest BCUT2D eigenvalue weighted by Crippen LogP contribution is 2.25. The van der Waals surface area contributed by atoms with Gasteiger partial charge in [0.2, 0.25) is 0 Å². The highest BCUT2D eigenvalue weighted by molar-refractivity contribution is 7.09. The van der Waals surface area contributed by atoms with Crippen LogP contribution >= 0.6 is 22.9 Å². The predicted octanol–water partition coefficient (Wildman–Crippen LogP) is 3.12. The molecule has 0 saturated carbocycles. The normalized spacial score (nSPS) is 12.1. The second-order valence-corrected chi connectivity index (χ2v) is 6.27. The van der Waals surface area contributed by atoms with E-state index < -0.39 is 0 Å². The molecule has 1 N–H and O–H groups in total. The van der Waals surface area contributed by atoms with Gasteiger partial charge in [-0.1, -0.05) is 18.5 Å². The maximum absolute atomic E-state index is 6.35. The van der Waals surface area contributed by atoms with Gasteiger partial charge >= 0.3 is 0 Å². The van der Waals surface area contributed by atoms with E-state index in [1.54, 1.807) is 11.3 Å². The Bertz CT molecular complexity index is 545. The molecule has 6 heteroatoms. The maximum Gasteiger partial charge on any atom is 0.112 e. The average Bonchev–Trinajstić information content (AvgIpc) is 2.97. The minimum Gasteiger partial charge on any atom is -0.300 e. The number of halogens is 1. The van der Waals surface area contributed by atoms with Crippen molar-refractivity contribution in [2.45, 2.75) is 39.3 Å². The van der Waals surface area contributed by atoms with Gasteiger partial charge in [-0.15, -0.1) is 11.3 Å². The van der Waals surface area contributed by atoms with Crippen LogP contribution in [0.5, 0.6) is 0 Å². The van der Waals surface area contributed by atoms with Crippen molar-refractivity contribution in [3.8, 4) is 0 Å². The fourth-order valence-corrected chi connectivity index (χ4v) is 3.02. The molecule has 0 amide bonds. The lowest BCUT2D eigenvalue weighted by Gasteiger charge is -2.24. The van der Waals surface area contributed by atoms with Gasteiger partial charge in [-0.3, -0.25) is 4.68 Å². The number of hydrogen-bond donors (Lipinski definition) is 1. The monoisotopic (exact) mass is 298 g/mol. The molecule has 0 aromatic carbocycles. The Labute approximate surface area is 122 Å². The number of rotatable bonds is 5. The van der Waals surface area contributed by atoms with Gasteiger partial charge in [0.1, 0.15) is 5.01 Å². The van der Waals surface area contributed by atoms with Crippen molar-refractivity contribution in [3.05, 3.63) is 33.0 Å². The van der Waals surface area contributed by atoms with Crippen molar-refractivity contribution >= 4 is 22.9 Å². The Morgan fingerprint density at radius 3 is 2.74 bits per heavy atom. The molecule has 0 aliphatic carbocycles. The molecule has 4 nitrogen and oxygen atoms in total. The number of thiazole rings is 1. The first-order valence-electron chi connectivity index (χ1n) is 6.31. The first kappa shape index (κ1) is 14.5. The van der Waals surface area contributed by atoms with Crippen LogP contribution in [0.2, 0.25) is 5.02 Å². The third-order valence-corrected chi connectivity index (χ3v) is 4.70. The Morgan fingerprint density at radius 1 is 1.47 bits per heavy atom. The number of hydrogen-bond acceptors (Lipinski definition) is 4. The third kappa shape index (κ3) is 2.99. The highest BCUT2D eigenvalue weighted by atomic mass is 35.5. The molecule has 0 aliphatic heterocycles. The standard InChI is InChI=1S/C13H19ClN4S/c1-5-9-11(14)10(18(4)17-9)8-16-13(2,3)12-15-6-7-19-12/h6-7,16H,5,8H2,1-4H3. The molecular weight excluding hydrogens is 280 g/mol. The predicted molar refractivity (Wildman–Crippen MR) is 79.6 cm³/mol. The average molecular weight is 299 g/mol. The van der Waals surface area contributed by atoms with Crippen LogP contribution in [0.4, 0.5) is 0 Å².